The fraction of sp³-hybridized carbons (Fsp3) is 0.917. The number of carboxylic acids is 1. The summed E-state index contributed by atoms with van der Waals surface area (Å²) >= 11 is 0. The molecule has 0 aromatic heterocycles. The fourth-order valence-electron chi connectivity index (χ4n) is 2.25. The lowest BCUT2D eigenvalue weighted by molar-refractivity contribution is -0.141. The van der Waals surface area contributed by atoms with E-state index in [1.165, 1.54) is 19.3 Å². The standard InChI is InChI=1S/C12H23NO2/c1-8-5-4-6-11(8)7-13-10(3)9(2)12(14)15/h8-11,13H,4-7H2,1-3H3,(H,14,15). The molecular formula is C12H23NO2. The maximum Gasteiger partial charge on any atom is 0.307 e. The molecule has 88 valence electrons. The van der Waals surface area contributed by atoms with Crippen LogP contribution in [-0.4, -0.2) is 23.7 Å². The first-order chi connectivity index (χ1) is 7.02. The topological polar surface area (TPSA) is 49.3 Å². The average Bonchev–Trinajstić information content (AvgIpc) is 2.59. The van der Waals surface area contributed by atoms with E-state index >= 15 is 0 Å². The van der Waals surface area contributed by atoms with Gasteiger partial charge in [-0.2, -0.15) is 0 Å². The van der Waals surface area contributed by atoms with Crippen LogP contribution in [0.1, 0.15) is 40.0 Å². The maximum absolute atomic E-state index is 10.8. The van der Waals surface area contributed by atoms with Gasteiger partial charge in [0.2, 0.25) is 0 Å². The molecule has 3 heteroatoms. The SMILES string of the molecule is CC1CCCC1CNC(C)C(C)C(=O)O. The largest absolute Gasteiger partial charge is 0.481 e. The fourth-order valence-corrected chi connectivity index (χ4v) is 2.25. The quantitative estimate of drug-likeness (QED) is 0.735. The lowest BCUT2D eigenvalue weighted by atomic mass is 9.96. The Morgan fingerprint density at radius 2 is 2.13 bits per heavy atom. The Hall–Kier alpha value is -0.570. The van der Waals surface area contributed by atoms with E-state index in [1.807, 2.05) is 6.92 Å². The summed E-state index contributed by atoms with van der Waals surface area (Å²) in [6.07, 6.45) is 3.95. The van der Waals surface area contributed by atoms with E-state index in [2.05, 4.69) is 12.2 Å². The maximum atomic E-state index is 10.8. The average molecular weight is 213 g/mol. The van der Waals surface area contributed by atoms with E-state index in [1.54, 1.807) is 6.92 Å². The third-order valence-electron chi connectivity index (χ3n) is 3.88. The van der Waals surface area contributed by atoms with Crippen LogP contribution in [0.15, 0.2) is 0 Å². The molecular weight excluding hydrogens is 190 g/mol. The molecule has 4 atom stereocenters. The minimum absolute atomic E-state index is 0.0651. The second kappa shape index (κ2) is 5.50. The molecule has 1 saturated carbocycles. The summed E-state index contributed by atoms with van der Waals surface area (Å²) in [4.78, 5) is 10.8. The molecule has 3 nitrogen and oxygen atoms in total. The number of hydrogen-bond donors (Lipinski definition) is 2. The van der Waals surface area contributed by atoms with Crippen molar-refractivity contribution in [2.24, 2.45) is 17.8 Å². The van der Waals surface area contributed by atoms with Crippen LogP contribution in [0.5, 0.6) is 0 Å². The molecule has 1 fully saturated rings. The Morgan fingerprint density at radius 1 is 1.47 bits per heavy atom. The molecule has 0 radical (unpaired) electrons. The van der Waals surface area contributed by atoms with Crippen molar-refractivity contribution >= 4 is 5.97 Å². The van der Waals surface area contributed by atoms with E-state index in [4.69, 9.17) is 5.11 Å². The summed E-state index contributed by atoms with van der Waals surface area (Å²) in [6, 6.07) is 0.0651. The molecule has 0 heterocycles. The zero-order chi connectivity index (χ0) is 11.4. The van der Waals surface area contributed by atoms with Crippen molar-refractivity contribution in [1.29, 1.82) is 0 Å². The molecule has 1 rings (SSSR count). The van der Waals surface area contributed by atoms with Crippen molar-refractivity contribution in [2.45, 2.75) is 46.1 Å². The molecule has 0 amide bonds. The van der Waals surface area contributed by atoms with Crippen LogP contribution >= 0.6 is 0 Å². The van der Waals surface area contributed by atoms with E-state index in [0.717, 1.165) is 18.4 Å². The van der Waals surface area contributed by atoms with Crippen LogP contribution in [0.3, 0.4) is 0 Å². The van der Waals surface area contributed by atoms with Crippen LogP contribution in [0.25, 0.3) is 0 Å². The van der Waals surface area contributed by atoms with Crippen molar-refractivity contribution in [1.82, 2.24) is 5.32 Å². The lowest BCUT2D eigenvalue weighted by Crippen LogP contribution is -2.39. The zero-order valence-electron chi connectivity index (χ0n) is 9.99. The minimum atomic E-state index is -0.713. The van der Waals surface area contributed by atoms with Gasteiger partial charge < -0.3 is 10.4 Å². The van der Waals surface area contributed by atoms with Crippen LogP contribution in [0.4, 0.5) is 0 Å². The van der Waals surface area contributed by atoms with Gasteiger partial charge in [-0.15, -0.1) is 0 Å². The molecule has 0 aromatic carbocycles. The van der Waals surface area contributed by atoms with Gasteiger partial charge in [-0.3, -0.25) is 4.79 Å². The van der Waals surface area contributed by atoms with Gasteiger partial charge in [-0.25, -0.2) is 0 Å². The lowest BCUT2D eigenvalue weighted by Gasteiger charge is -2.22. The van der Waals surface area contributed by atoms with Gasteiger partial charge in [0.05, 0.1) is 5.92 Å². The summed E-state index contributed by atoms with van der Waals surface area (Å²) in [6.45, 7) is 6.99. The molecule has 0 spiro atoms. The highest BCUT2D eigenvalue weighted by Crippen LogP contribution is 2.30. The first-order valence-electron chi connectivity index (χ1n) is 5.98. The number of rotatable bonds is 5. The summed E-state index contributed by atoms with van der Waals surface area (Å²) in [5.74, 6) is 0.523. The monoisotopic (exact) mass is 213 g/mol. The van der Waals surface area contributed by atoms with Crippen LogP contribution in [0.2, 0.25) is 0 Å². The Kier molecular flexibility index (Phi) is 4.58. The van der Waals surface area contributed by atoms with Crippen LogP contribution < -0.4 is 5.32 Å². The van der Waals surface area contributed by atoms with Gasteiger partial charge in [0, 0.05) is 6.04 Å². The smallest absolute Gasteiger partial charge is 0.307 e. The van der Waals surface area contributed by atoms with Crippen LogP contribution in [-0.2, 0) is 4.79 Å². The summed E-state index contributed by atoms with van der Waals surface area (Å²) in [5, 5.41) is 12.2. The minimum Gasteiger partial charge on any atom is -0.481 e. The molecule has 0 aromatic rings. The van der Waals surface area contributed by atoms with Crippen molar-refractivity contribution < 1.29 is 9.90 Å². The normalized spacial score (nSPS) is 30.1. The van der Waals surface area contributed by atoms with Crippen LogP contribution in [0, 0.1) is 17.8 Å². The summed E-state index contributed by atoms with van der Waals surface area (Å²) < 4.78 is 0. The highest BCUT2D eigenvalue weighted by Gasteiger charge is 2.25. The van der Waals surface area contributed by atoms with Gasteiger partial charge in [-0.05, 0) is 31.7 Å². The molecule has 0 aliphatic heterocycles. The molecule has 1 aliphatic carbocycles. The second-order valence-electron chi connectivity index (χ2n) is 4.99. The highest BCUT2D eigenvalue weighted by atomic mass is 16.4. The Morgan fingerprint density at radius 3 is 2.60 bits per heavy atom. The first kappa shape index (κ1) is 12.5. The number of carboxylic acid groups (broad SMARTS) is 1. The van der Waals surface area contributed by atoms with E-state index < -0.39 is 5.97 Å². The number of aliphatic carboxylic acids is 1. The molecule has 0 saturated heterocycles. The van der Waals surface area contributed by atoms with Gasteiger partial charge in [0.1, 0.15) is 0 Å². The van der Waals surface area contributed by atoms with Crippen molar-refractivity contribution in [3.8, 4) is 0 Å². The number of carbonyl (C=O) groups is 1. The Bertz CT molecular complexity index is 218. The number of nitrogens with one attached hydrogen (secondary N) is 1. The van der Waals surface area contributed by atoms with Gasteiger partial charge in [-0.1, -0.05) is 26.7 Å². The molecule has 1 aliphatic rings. The third kappa shape index (κ3) is 3.49. The summed E-state index contributed by atoms with van der Waals surface area (Å²) in [7, 11) is 0. The van der Waals surface area contributed by atoms with Crippen molar-refractivity contribution in [3.05, 3.63) is 0 Å². The van der Waals surface area contributed by atoms with Crippen molar-refractivity contribution in [3.63, 3.8) is 0 Å². The predicted molar refractivity (Wildman–Crippen MR) is 60.8 cm³/mol. The van der Waals surface area contributed by atoms with Gasteiger partial charge in [0.25, 0.3) is 0 Å². The van der Waals surface area contributed by atoms with E-state index in [9.17, 15) is 4.79 Å². The highest BCUT2D eigenvalue weighted by molar-refractivity contribution is 5.70. The first-order valence-corrected chi connectivity index (χ1v) is 5.98. The van der Waals surface area contributed by atoms with E-state index in [-0.39, 0.29) is 12.0 Å². The zero-order valence-corrected chi connectivity index (χ0v) is 9.99. The molecule has 15 heavy (non-hydrogen) atoms. The third-order valence-corrected chi connectivity index (χ3v) is 3.88. The molecule has 4 unspecified atom stereocenters. The number of hydrogen-bond acceptors (Lipinski definition) is 2. The van der Waals surface area contributed by atoms with Crippen molar-refractivity contribution in [2.75, 3.05) is 6.54 Å². The predicted octanol–water partition coefficient (Wildman–Crippen LogP) is 2.12. The van der Waals surface area contributed by atoms with Gasteiger partial charge >= 0.3 is 5.97 Å². The van der Waals surface area contributed by atoms with Gasteiger partial charge in [0.15, 0.2) is 0 Å². The Labute approximate surface area is 92.3 Å². The summed E-state index contributed by atoms with van der Waals surface area (Å²) in [5.41, 5.74) is 0. The second-order valence-corrected chi connectivity index (χ2v) is 4.99. The molecule has 0 bridgehead atoms. The molecule has 2 N–H and O–H groups in total. The Balaban J connectivity index is 2.27. The van der Waals surface area contributed by atoms with E-state index in [0.29, 0.717) is 0 Å².